The number of carbonyl (C=O) groups excluding carboxylic acids is 1. The van der Waals surface area contributed by atoms with E-state index in [2.05, 4.69) is 12.2 Å². The van der Waals surface area contributed by atoms with Gasteiger partial charge in [-0.05, 0) is 56.9 Å². The molecular weight excluding hydrogens is 274 g/mol. The summed E-state index contributed by atoms with van der Waals surface area (Å²) in [5, 5.41) is 2.92. The van der Waals surface area contributed by atoms with Crippen molar-refractivity contribution in [1.82, 2.24) is 5.32 Å². The number of carbonyl (C=O) groups is 1. The van der Waals surface area contributed by atoms with Gasteiger partial charge in [0.15, 0.2) is 0 Å². The molecule has 4 heteroatoms. The normalized spacial score (nSPS) is 12.2. The van der Waals surface area contributed by atoms with Crippen molar-refractivity contribution in [1.29, 1.82) is 0 Å². The maximum Gasteiger partial charge on any atom is 0.251 e. The van der Waals surface area contributed by atoms with E-state index in [0.29, 0.717) is 23.9 Å². The average Bonchev–Trinajstić information content (AvgIpc) is 2.43. The minimum Gasteiger partial charge on any atom is -0.491 e. The van der Waals surface area contributed by atoms with E-state index >= 15 is 0 Å². The lowest BCUT2D eigenvalue weighted by molar-refractivity contribution is 0.0952. The third-order valence-electron chi connectivity index (χ3n) is 2.91. The number of benzene rings is 1. The van der Waals surface area contributed by atoms with Crippen LogP contribution in [-0.4, -0.2) is 24.4 Å². The number of alkyl halides is 1. The monoisotopic (exact) mass is 297 g/mol. The predicted molar refractivity (Wildman–Crippen MR) is 83.7 cm³/mol. The number of hydrogen-bond acceptors (Lipinski definition) is 2. The van der Waals surface area contributed by atoms with Crippen LogP contribution in [0.25, 0.3) is 0 Å². The molecule has 0 saturated heterocycles. The van der Waals surface area contributed by atoms with Gasteiger partial charge in [-0.3, -0.25) is 4.79 Å². The zero-order valence-electron chi connectivity index (χ0n) is 12.5. The first-order valence-corrected chi connectivity index (χ1v) is 7.67. The quantitative estimate of drug-likeness (QED) is 0.584. The summed E-state index contributed by atoms with van der Waals surface area (Å²) in [5.74, 6) is 1.92. The number of amides is 1. The van der Waals surface area contributed by atoms with Gasteiger partial charge in [0.2, 0.25) is 0 Å². The number of rotatable bonds is 8. The Balaban J connectivity index is 2.36. The first-order chi connectivity index (χ1) is 9.52. The van der Waals surface area contributed by atoms with E-state index in [1.54, 1.807) is 12.1 Å². The number of ether oxygens (including phenoxy) is 1. The molecule has 0 aliphatic heterocycles. The molecular formula is C16H24ClNO2. The molecule has 1 aromatic carbocycles. The van der Waals surface area contributed by atoms with Crippen LogP contribution in [0.1, 0.15) is 44.0 Å². The Bertz CT molecular complexity index is 403. The lowest BCUT2D eigenvalue weighted by Gasteiger charge is -2.11. The van der Waals surface area contributed by atoms with Crippen molar-refractivity contribution in [3.8, 4) is 5.75 Å². The molecule has 20 heavy (non-hydrogen) atoms. The van der Waals surface area contributed by atoms with E-state index in [1.165, 1.54) is 0 Å². The van der Waals surface area contributed by atoms with E-state index in [-0.39, 0.29) is 12.0 Å². The third-order valence-corrected chi connectivity index (χ3v) is 3.44. The Morgan fingerprint density at radius 2 is 1.90 bits per heavy atom. The molecule has 0 aromatic heterocycles. The van der Waals surface area contributed by atoms with Crippen LogP contribution >= 0.6 is 11.6 Å². The molecule has 112 valence electrons. The molecule has 0 aliphatic carbocycles. The van der Waals surface area contributed by atoms with Gasteiger partial charge in [-0.25, -0.2) is 0 Å². The smallest absolute Gasteiger partial charge is 0.251 e. The second-order valence-corrected chi connectivity index (χ2v) is 5.66. The number of halogens is 1. The fourth-order valence-corrected chi connectivity index (χ4v) is 1.94. The summed E-state index contributed by atoms with van der Waals surface area (Å²) in [6.45, 7) is 6.75. The summed E-state index contributed by atoms with van der Waals surface area (Å²) in [4.78, 5) is 11.9. The van der Waals surface area contributed by atoms with E-state index in [0.717, 1.165) is 18.6 Å². The molecule has 1 atom stereocenters. The molecule has 0 bridgehead atoms. The Labute approximate surface area is 126 Å². The van der Waals surface area contributed by atoms with Crippen LogP contribution in [0.5, 0.6) is 5.75 Å². The Morgan fingerprint density at radius 3 is 2.45 bits per heavy atom. The molecule has 0 radical (unpaired) electrons. The third kappa shape index (κ3) is 6.29. The summed E-state index contributed by atoms with van der Waals surface area (Å²) < 4.78 is 5.54. The molecule has 1 rings (SSSR count). The second-order valence-electron chi connectivity index (χ2n) is 5.35. The fourth-order valence-electron chi connectivity index (χ4n) is 1.79. The van der Waals surface area contributed by atoms with Crippen LogP contribution < -0.4 is 10.1 Å². The molecule has 0 heterocycles. The van der Waals surface area contributed by atoms with Gasteiger partial charge >= 0.3 is 0 Å². The molecule has 1 aromatic rings. The fraction of sp³-hybridized carbons (Fsp3) is 0.562. The van der Waals surface area contributed by atoms with Crippen LogP contribution in [-0.2, 0) is 0 Å². The van der Waals surface area contributed by atoms with Crippen molar-refractivity contribution in [2.75, 3.05) is 12.4 Å². The average molecular weight is 298 g/mol. The lowest BCUT2D eigenvalue weighted by atomic mass is 10.1. The van der Waals surface area contributed by atoms with Gasteiger partial charge in [0.05, 0.1) is 6.10 Å². The summed E-state index contributed by atoms with van der Waals surface area (Å²) >= 11 is 5.74. The standard InChI is InChI=1S/C16H24ClNO2/c1-12(2)20-15-8-6-14(7-9-15)16(19)18-10-4-5-13(3)11-17/h6-9,12-13H,4-5,10-11H2,1-3H3,(H,18,19). The van der Waals surface area contributed by atoms with E-state index in [9.17, 15) is 4.79 Å². The Morgan fingerprint density at radius 1 is 1.25 bits per heavy atom. The molecule has 0 fully saturated rings. The van der Waals surface area contributed by atoms with Crippen LogP contribution in [0.15, 0.2) is 24.3 Å². The van der Waals surface area contributed by atoms with Crippen molar-refractivity contribution in [2.45, 2.75) is 39.7 Å². The van der Waals surface area contributed by atoms with Gasteiger partial charge in [0, 0.05) is 18.0 Å². The summed E-state index contributed by atoms with van der Waals surface area (Å²) in [6, 6.07) is 7.22. The van der Waals surface area contributed by atoms with Crippen LogP contribution in [0.2, 0.25) is 0 Å². The zero-order valence-corrected chi connectivity index (χ0v) is 13.2. The SMILES string of the molecule is CC(CCl)CCCNC(=O)c1ccc(OC(C)C)cc1. The van der Waals surface area contributed by atoms with E-state index < -0.39 is 0 Å². The maximum absolute atomic E-state index is 11.9. The molecule has 0 aliphatic rings. The van der Waals surface area contributed by atoms with Crippen molar-refractivity contribution >= 4 is 17.5 Å². The van der Waals surface area contributed by atoms with Gasteiger partial charge in [-0.1, -0.05) is 6.92 Å². The van der Waals surface area contributed by atoms with Gasteiger partial charge < -0.3 is 10.1 Å². The zero-order chi connectivity index (χ0) is 15.0. The van der Waals surface area contributed by atoms with E-state index in [1.807, 2.05) is 26.0 Å². The summed E-state index contributed by atoms with van der Waals surface area (Å²) in [5.41, 5.74) is 0.659. The van der Waals surface area contributed by atoms with Crippen LogP contribution in [0.4, 0.5) is 0 Å². The molecule has 1 unspecified atom stereocenters. The lowest BCUT2D eigenvalue weighted by Crippen LogP contribution is -2.24. The molecule has 0 spiro atoms. The predicted octanol–water partition coefficient (Wildman–Crippen LogP) is 3.86. The first-order valence-electron chi connectivity index (χ1n) is 7.13. The summed E-state index contributed by atoms with van der Waals surface area (Å²) in [7, 11) is 0. The van der Waals surface area contributed by atoms with Gasteiger partial charge in [-0.2, -0.15) is 0 Å². The number of nitrogens with one attached hydrogen (secondary N) is 1. The second kappa shape index (κ2) is 8.85. The van der Waals surface area contributed by atoms with E-state index in [4.69, 9.17) is 16.3 Å². The molecule has 1 amide bonds. The molecule has 1 N–H and O–H groups in total. The Hall–Kier alpha value is -1.22. The number of hydrogen-bond donors (Lipinski definition) is 1. The van der Waals surface area contributed by atoms with Gasteiger partial charge in [0.25, 0.3) is 5.91 Å². The highest BCUT2D eigenvalue weighted by atomic mass is 35.5. The highest BCUT2D eigenvalue weighted by Gasteiger charge is 2.06. The van der Waals surface area contributed by atoms with Crippen molar-refractivity contribution in [3.05, 3.63) is 29.8 Å². The Kier molecular flexibility index (Phi) is 7.45. The van der Waals surface area contributed by atoms with Crippen LogP contribution in [0, 0.1) is 5.92 Å². The molecule has 3 nitrogen and oxygen atoms in total. The molecule has 0 saturated carbocycles. The highest BCUT2D eigenvalue weighted by molar-refractivity contribution is 6.18. The first kappa shape index (κ1) is 16.8. The summed E-state index contributed by atoms with van der Waals surface area (Å²) in [6.07, 6.45) is 2.12. The minimum atomic E-state index is -0.0420. The van der Waals surface area contributed by atoms with Gasteiger partial charge in [-0.15, -0.1) is 11.6 Å². The van der Waals surface area contributed by atoms with Crippen molar-refractivity contribution in [3.63, 3.8) is 0 Å². The van der Waals surface area contributed by atoms with Crippen molar-refractivity contribution < 1.29 is 9.53 Å². The largest absolute Gasteiger partial charge is 0.491 e. The maximum atomic E-state index is 11.9. The van der Waals surface area contributed by atoms with Gasteiger partial charge in [0.1, 0.15) is 5.75 Å². The topological polar surface area (TPSA) is 38.3 Å². The highest BCUT2D eigenvalue weighted by Crippen LogP contribution is 2.14. The van der Waals surface area contributed by atoms with Crippen LogP contribution in [0.3, 0.4) is 0 Å². The minimum absolute atomic E-state index is 0.0420. The van der Waals surface area contributed by atoms with Crippen molar-refractivity contribution in [2.24, 2.45) is 5.92 Å².